The number of aromatic nitrogens is 2. The number of fused-ring (bicyclic) bond motifs is 7. The molecule has 0 saturated carbocycles. The first-order valence-electron chi connectivity index (χ1n) is 23.9. The van der Waals surface area contributed by atoms with E-state index in [0.29, 0.717) is 50.1 Å². The van der Waals surface area contributed by atoms with Crippen LogP contribution in [0.3, 0.4) is 0 Å². The van der Waals surface area contributed by atoms with Gasteiger partial charge in [0.1, 0.15) is 29.9 Å². The molecule has 0 radical (unpaired) electrons. The standard InChI is InChI=1S/C51H65N9O9/c1-9-59-41-13-12-31-21-35(41)36(46(59)37-23-52-15-14-32(37)27-68-8)22-51(4,5)28-69-50(67)38-11-10-16-60(55-38)48(65)39(19-30-17-33(31)20-34(61)18-30)54-47(64)45(29(2)3)57(7)43(63)25-56(6)42(62)26-58-24-40-44(53-40)49(58)66/h12-15,17-18,20-21,23,29,38-40,44-45,53,55,61H,9-11,16,19,22,24-28H2,1-8H3,(H,54,64)/t38-,39-,40+,44+,45-/m0/s1. The van der Waals surface area contributed by atoms with E-state index in [9.17, 15) is 33.9 Å². The number of piperazine rings is 1. The van der Waals surface area contributed by atoms with Crippen molar-refractivity contribution in [2.75, 3.05) is 54.0 Å². The number of cyclic esters (lactones) is 1. The highest BCUT2D eigenvalue weighted by molar-refractivity contribution is 5.97. The summed E-state index contributed by atoms with van der Waals surface area (Å²) in [7, 11) is 4.63. The zero-order valence-corrected chi connectivity index (χ0v) is 40.8. The van der Waals surface area contributed by atoms with E-state index in [-0.39, 0.29) is 56.4 Å². The number of carbonyl (C=O) groups is 6. The molecular formula is C51H65N9O9. The predicted molar refractivity (Wildman–Crippen MR) is 257 cm³/mol. The number of hydrogen-bond donors (Lipinski definition) is 4. The van der Waals surface area contributed by atoms with Crippen LogP contribution in [-0.2, 0) is 64.2 Å². The van der Waals surface area contributed by atoms with Gasteiger partial charge in [-0.2, -0.15) is 0 Å². The third-order valence-electron chi connectivity index (χ3n) is 13.8. The second kappa shape index (κ2) is 19.9. The van der Waals surface area contributed by atoms with Crippen LogP contribution in [0, 0.1) is 11.3 Å². The van der Waals surface area contributed by atoms with Crippen molar-refractivity contribution in [1.82, 2.24) is 45.3 Å². The summed E-state index contributed by atoms with van der Waals surface area (Å²) in [6.45, 7) is 11.1. The number of carbonyl (C=O) groups excluding carboxylic acids is 6. The number of esters is 1. The summed E-state index contributed by atoms with van der Waals surface area (Å²) in [5.41, 5.74) is 9.56. The van der Waals surface area contributed by atoms with Crippen molar-refractivity contribution in [3.05, 3.63) is 71.5 Å². The number of methoxy groups -OCH3 is 1. The third kappa shape index (κ3) is 10.3. The number of pyridine rings is 1. The molecule has 8 rings (SSSR count). The largest absolute Gasteiger partial charge is 0.508 e. The van der Waals surface area contributed by atoms with Crippen molar-refractivity contribution >= 4 is 46.4 Å². The maximum absolute atomic E-state index is 14.7. The van der Waals surface area contributed by atoms with Crippen LogP contribution < -0.4 is 16.1 Å². The number of likely N-dealkylation sites (tertiary alicyclic amines) is 1. The molecule has 69 heavy (non-hydrogen) atoms. The number of likely N-dealkylation sites (N-methyl/N-ethyl adjacent to an activating group) is 2. The van der Waals surface area contributed by atoms with Gasteiger partial charge in [0.25, 0.3) is 5.91 Å². The smallest absolute Gasteiger partial charge is 0.324 e. The number of nitrogens with zero attached hydrogens (tertiary/aromatic N) is 6. The molecule has 5 amide bonds. The summed E-state index contributed by atoms with van der Waals surface area (Å²) in [6.07, 6.45) is 5.01. The van der Waals surface area contributed by atoms with Gasteiger partial charge in [0, 0.05) is 87.6 Å². The maximum Gasteiger partial charge on any atom is 0.324 e. The van der Waals surface area contributed by atoms with Gasteiger partial charge in [0.05, 0.1) is 32.0 Å². The van der Waals surface area contributed by atoms with Gasteiger partial charge in [-0.05, 0) is 90.3 Å². The van der Waals surface area contributed by atoms with Crippen LogP contribution in [0.1, 0.15) is 64.2 Å². The Balaban J connectivity index is 1.13. The summed E-state index contributed by atoms with van der Waals surface area (Å²) >= 11 is 0. The van der Waals surface area contributed by atoms with Crippen LogP contribution in [0.4, 0.5) is 0 Å². The van der Waals surface area contributed by atoms with E-state index in [2.05, 4.69) is 58.5 Å². The van der Waals surface area contributed by atoms with Gasteiger partial charge < -0.3 is 39.2 Å². The Labute approximate surface area is 402 Å². The summed E-state index contributed by atoms with van der Waals surface area (Å²) < 4.78 is 14.0. The minimum Gasteiger partial charge on any atom is -0.508 e. The minimum absolute atomic E-state index is 0.0344. The monoisotopic (exact) mass is 947 g/mol. The number of benzene rings is 2. The second-order valence-electron chi connectivity index (χ2n) is 20.1. The third-order valence-corrected chi connectivity index (χ3v) is 13.8. The number of ether oxygens (including phenoxy) is 2. The molecule has 5 atom stereocenters. The number of aromatic hydroxyl groups is 1. The van der Waals surface area contributed by atoms with Gasteiger partial charge in [-0.1, -0.05) is 39.8 Å². The Bertz CT molecular complexity index is 2660. The fourth-order valence-electron chi connectivity index (χ4n) is 10.2. The number of hydrazine groups is 1. The van der Waals surface area contributed by atoms with Crippen molar-refractivity contribution in [1.29, 1.82) is 0 Å². The maximum atomic E-state index is 14.7. The van der Waals surface area contributed by atoms with Crippen molar-refractivity contribution < 1.29 is 43.3 Å². The Morgan fingerprint density at radius 1 is 1.04 bits per heavy atom. The van der Waals surface area contributed by atoms with Gasteiger partial charge in [0.15, 0.2) is 0 Å². The lowest BCUT2D eigenvalue weighted by Gasteiger charge is -2.37. The Morgan fingerprint density at radius 3 is 2.54 bits per heavy atom. The molecule has 18 nitrogen and oxygen atoms in total. The first-order chi connectivity index (χ1) is 32.9. The van der Waals surface area contributed by atoms with Gasteiger partial charge in [-0.25, -0.2) is 5.43 Å². The summed E-state index contributed by atoms with van der Waals surface area (Å²) in [5.74, 6) is -3.13. The quantitative estimate of drug-likeness (QED) is 0.119. The van der Waals surface area contributed by atoms with E-state index in [0.717, 1.165) is 38.9 Å². The van der Waals surface area contributed by atoms with E-state index in [1.807, 2.05) is 24.4 Å². The Morgan fingerprint density at radius 2 is 1.83 bits per heavy atom. The van der Waals surface area contributed by atoms with Gasteiger partial charge in [0.2, 0.25) is 23.6 Å². The minimum atomic E-state index is -1.21. The average molecular weight is 948 g/mol. The van der Waals surface area contributed by atoms with Crippen molar-refractivity contribution in [2.24, 2.45) is 11.3 Å². The molecule has 2 aromatic heterocycles. The molecule has 0 unspecified atom stereocenters. The first kappa shape index (κ1) is 49.1. The number of phenols is 1. The number of nitrogens with one attached hydrogen (secondary N) is 3. The fourth-order valence-corrected chi connectivity index (χ4v) is 10.2. The van der Waals surface area contributed by atoms with E-state index in [4.69, 9.17) is 9.47 Å². The highest BCUT2D eigenvalue weighted by atomic mass is 16.5. The number of rotatable bonds is 12. The van der Waals surface area contributed by atoms with E-state index in [1.54, 1.807) is 39.3 Å². The number of hydrogen-bond acceptors (Lipinski definition) is 12. The fraction of sp³-hybridized carbons (Fsp3) is 0.510. The molecule has 6 bridgehead atoms. The van der Waals surface area contributed by atoms with Crippen LogP contribution >= 0.6 is 0 Å². The zero-order valence-electron chi connectivity index (χ0n) is 40.8. The van der Waals surface area contributed by atoms with Crippen molar-refractivity contribution in [3.8, 4) is 28.1 Å². The molecular weight excluding hydrogens is 883 g/mol. The molecule has 0 spiro atoms. The van der Waals surface area contributed by atoms with Crippen LogP contribution in [0.25, 0.3) is 33.3 Å². The first-order valence-corrected chi connectivity index (χ1v) is 23.9. The summed E-state index contributed by atoms with van der Waals surface area (Å²) in [4.78, 5) is 91.1. The van der Waals surface area contributed by atoms with Crippen molar-refractivity contribution in [2.45, 2.75) is 104 Å². The Hall–Kier alpha value is -6.37. The van der Waals surface area contributed by atoms with E-state index >= 15 is 0 Å². The van der Waals surface area contributed by atoms with Crippen molar-refractivity contribution in [3.63, 3.8) is 0 Å². The molecule has 0 aliphatic carbocycles. The van der Waals surface area contributed by atoms with Crippen LogP contribution in [0.5, 0.6) is 5.75 Å². The van der Waals surface area contributed by atoms with Crippen LogP contribution in [0.2, 0.25) is 0 Å². The average Bonchev–Trinajstić information content (AvgIpc) is 3.94. The molecule has 3 saturated heterocycles. The van der Waals surface area contributed by atoms with E-state index in [1.165, 1.54) is 33.8 Å². The summed E-state index contributed by atoms with van der Waals surface area (Å²) in [6, 6.07) is 9.99. The molecule has 4 aliphatic heterocycles. The highest BCUT2D eigenvalue weighted by Gasteiger charge is 2.52. The lowest BCUT2D eigenvalue weighted by atomic mass is 9.84. The Kier molecular flexibility index (Phi) is 14.2. The zero-order chi connectivity index (χ0) is 49.5. The summed E-state index contributed by atoms with van der Waals surface area (Å²) in [5, 5.41) is 19.7. The van der Waals surface area contributed by atoms with E-state index < -0.39 is 59.1 Å². The molecule has 4 aliphatic rings. The molecule has 4 aromatic rings. The SMILES string of the molecule is CCn1c(-c2cnccc2COC)c2c3cc(ccc31)-c1cc(O)cc(c1)C[C@H](NC(=O)[C@H](C(C)C)N(C)C(=O)CN(C)C(=O)CN1C[C@H]3N[C@H]3C1=O)C(=O)N1CCC[C@H](N1)C(=O)OCC(C)(C)C2. The molecule has 368 valence electrons. The lowest BCUT2D eigenvalue weighted by molar-refractivity contribution is -0.155. The van der Waals surface area contributed by atoms with Crippen LogP contribution in [-0.4, -0.2) is 154 Å². The number of amides is 5. The molecule has 6 heterocycles. The molecule has 3 fully saturated rings. The van der Waals surface area contributed by atoms with Gasteiger partial charge >= 0.3 is 5.97 Å². The number of aryl methyl sites for hydroxylation is 1. The predicted octanol–water partition coefficient (Wildman–Crippen LogP) is 3.01. The topological polar surface area (TPSA) is 218 Å². The highest BCUT2D eigenvalue weighted by Crippen LogP contribution is 2.41. The van der Waals surface area contributed by atoms with Gasteiger partial charge in [-0.3, -0.25) is 44.1 Å². The molecule has 2 aromatic carbocycles. The second-order valence-corrected chi connectivity index (χ2v) is 20.1. The molecule has 18 heteroatoms. The lowest BCUT2D eigenvalue weighted by Crippen LogP contribution is -2.62. The normalized spacial score (nSPS) is 21.7. The molecule has 4 N–H and O–H groups in total. The van der Waals surface area contributed by atoms with Gasteiger partial charge in [-0.15, -0.1) is 0 Å². The van der Waals surface area contributed by atoms with Crippen LogP contribution in [0.15, 0.2) is 54.9 Å². The number of phenolic OH excluding ortho intramolecular Hbond substituents is 1.